The van der Waals surface area contributed by atoms with Crippen molar-refractivity contribution in [2.45, 2.75) is 26.2 Å². The van der Waals surface area contributed by atoms with Gasteiger partial charge in [-0.15, -0.1) is 0 Å². The fourth-order valence-corrected chi connectivity index (χ4v) is 2.34. The molecule has 1 atom stereocenters. The maximum atomic E-state index is 11.6. The van der Waals surface area contributed by atoms with Crippen LogP contribution < -0.4 is 10.2 Å². The van der Waals surface area contributed by atoms with Crippen LogP contribution in [0.25, 0.3) is 0 Å². The molecule has 0 unspecified atom stereocenters. The SMILES string of the molecule is Cc1cc(Cl)ccc1OCC(=O)N/N=C\[C@@H]1CC=CCC1. The minimum absolute atomic E-state index is 0.0651. The maximum Gasteiger partial charge on any atom is 0.277 e. The van der Waals surface area contributed by atoms with Crippen LogP contribution in [0.1, 0.15) is 24.8 Å². The van der Waals surface area contributed by atoms with Gasteiger partial charge in [0.25, 0.3) is 5.91 Å². The van der Waals surface area contributed by atoms with Gasteiger partial charge >= 0.3 is 0 Å². The molecule has 112 valence electrons. The number of nitrogens with zero attached hydrogens (tertiary/aromatic N) is 1. The highest BCUT2D eigenvalue weighted by Gasteiger charge is 2.07. The van der Waals surface area contributed by atoms with Crippen molar-refractivity contribution in [3.8, 4) is 5.75 Å². The molecule has 2 rings (SSSR count). The van der Waals surface area contributed by atoms with E-state index in [1.165, 1.54) is 0 Å². The van der Waals surface area contributed by atoms with Crippen LogP contribution in [0.2, 0.25) is 5.02 Å². The quantitative estimate of drug-likeness (QED) is 0.514. The van der Waals surface area contributed by atoms with Crippen LogP contribution in [0.3, 0.4) is 0 Å². The zero-order valence-corrected chi connectivity index (χ0v) is 12.8. The standard InChI is InChI=1S/C16H19ClN2O2/c1-12-9-14(17)7-8-15(12)21-11-16(20)19-18-10-13-5-3-2-4-6-13/h2-3,7-10,13H,4-6,11H2,1H3,(H,19,20)/b18-10-/t13-/m1/s1. The van der Waals surface area contributed by atoms with Crippen molar-refractivity contribution in [2.75, 3.05) is 6.61 Å². The van der Waals surface area contributed by atoms with Gasteiger partial charge in [0, 0.05) is 11.2 Å². The number of allylic oxidation sites excluding steroid dienone is 2. The van der Waals surface area contributed by atoms with E-state index in [2.05, 4.69) is 22.7 Å². The number of nitrogens with one attached hydrogen (secondary N) is 1. The molecule has 0 bridgehead atoms. The second kappa shape index (κ2) is 7.84. The lowest BCUT2D eigenvalue weighted by molar-refractivity contribution is -0.123. The van der Waals surface area contributed by atoms with Gasteiger partial charge in [0.05, 0.1) is 0 Å². The van der Waals surface area contributed by atoms with Gasteiger partial charge in [-0.3, -0.25) is 4.79 Å². The predicted octanol–water partition coefficient (Wildman–Crippen LogP) is 3.49. The molecule has 0 aromatic heterocycles. The summed E-state index contributed by atoms with van der Waals surface area (Å²) in [6, 6.07) is 5.28. The molecule has 0 saturated heterocycles. The number of hydrazone groups is 1. The Morgan fingerprint density at radius 1 is 1.52 bits per heavy atom. The normalized spacial score (nSPS) is 17.9. The van der Waals surface area contributed by atoms with Crippen LogP contribution >= 0.6 is 11.6 Å². The summed E-state index contributed by atoms with van der Waals surface area (Å²) in [5, 5.41) is 4.63. The summed E-state index contributed by atoms with van der Waals surface area (Å²) in [7, 11) is 0. The summed E-state index contributed by atoms with van der Waals surface area (Å²) in [6.07, 6.45) is 9.26. The summed E-state index contributed by atoms with van der Waals surface area (Å²) in [4.78, 5) is 11.6. The molecule has 0 heterocycles. The van der Waals surface area contributed by atoms with E-state index in [-0.39, 0.29) is 12.5 Å². The van der Waals surface area contributed by atoms with E-state index in [9.17, 15) is 4.79 Å². The summed E-state index contributed by atoms with van der Waals surface area (Å²) >= 11 is 5.86. The van der Waals surface area contributed by atoms with Gasteiger partial charge in [-0.25, -0.2) is 5.43 Å². The van der Waals surface area contributed by atoms with Crippen LogP contribution in [-0.2, 0) is 4.79 Å². The lowest BCUT2D eigenvalue weighted by Crippen LogP contribution is -2.25. The number of hydrogen-bond acceptors (Lipinski definition) is 3. The minimum Gasteiger partial charge on any atom is -0.483 e. The predicted molar refractivity (Wildman–Crippen MR) is 84.8 cm³/mol. The highest BCUT2D eigenvalue weighted by Crippen LogP contribution is 2.21. The van der Waals surface area contributed by atoms with E-state index >= 15 is 0 Å². The highest BCUT2D eigenvalue weighted by atomic mass is 35.5. The number of carbonyl (C=O) groups is 1. The van der Waals surface area contributed by atoms with Gasteiger partial charge in [-0.05, 0) is 55.9 Å². The molecule has 1 aromatic rings. The Morgan fingerprint density at radius 3 is 3.10 bits per heavy atom. The molecule has 0 fully saturated rings. The van der Waals surface area contributed by atoms with Gasteiger partial charge in [0.1, 0.15) is 5.75 Å². The number of hydrogen-bond donors (Lipinski definition) is 1. The summed E-state index contributed by atoms with van der Waals surface area (Å²) in [5.74, 6) is 0.789. The Morgan fingerprint density at radius 2 is 2.38 bits per heavy atom. The number of amides is 1. The van der Waals surface area contributed by atoms with Crippen LogP contribution in [-0.4, -0.2) is 18.7 Å². The number of benzene rings is 1. The van der Waals surface area contributed by atoms with Crippen molar-refractivity contribution in [1.82, 2.24) is 5.43 Å². The van der Waals surface area contributed by atoms with Gasteiger partial charge in [0.15, 0.2) is 6.61 Å². The van der Waals surface area contributed by atoms with Crippen LogP contribution in [0.15, 0.2) is 35.5 Å². The van der Waals surface area contributed by atoms with Gasteiger partial charge in [-0.2, -0.15) is 5.10 Å². The summed E-state index contributed by atoms with van der Waals surface area (Å²) < 4.78 is 5.44. The first-order valence-electron chi connectivity index (χ1n) is 7.01. The van der Waals surface area contributed by atoms with E-state index in [0.717, 1.165) is 24.8 Å². The second-order valence-electron chi connectivity index (χ2n) is 5.06. The molecule has 0 aliphatic heterocycles. The molecule has 0 radical (unpaired) electrons. The molecular formula is C16H19ClN2O2. The van der Waals surface area contributed by atoms with Gasteiger partial charge < -0.3 is 4.74 Å². The molecule has 1 aromatic carbocycles. The number of aryl methyl sites for hydroxylation is 1. The molecule has 1 aliphatic carbocycles. The molecule has 0 saturated carbocycles. The van der Waals surface area contributed by atoms with E-state index < -0.39 is 0 Å². The first kappa shape index (κ1) is 15.6. The molecule has 1 N–H and O–H groups in total. The third kappa shape index (κ3) is 5.23. The average Bonchev–Trinajstić information content (AvgIpc) is 2.47. The molecule has 1 aliphatic rings. The molecule has 1 amide bonds. The molecule has 4 nitrogen and oxygen atoms in total. The van der Waals surface area contributed by atoms with Gasteiger partial charge in [0.2, 0.25) is 0 Å². The summed E-state index contributed by atoms with van der Waals surface area (Å²) in [5.41, 5.74) is 3.38. The van der Waals surface area contributed by atoms with E-state index in [1.54, 1.807) is 24.4 Å². The van der Waals surface area contributed by atoms with Crippen LogP contribution in [0.5, 0.6) is 5.75 Å². The van der Waals surface area contributed by atoms with Crippen molar-refractivity contribution in [1.29, 1.82) is 0 Å². The van der Waals surface area contributed by atoms with Crippen molar-refractivity contribution in [2.24, 2.45) is 11.0 Å². The zero-order valence-electron chi connectivity index (χ0n) is 12.0. The lowest BCUT2D eigenvalue weighted by atomic mass is 9.96. The zero-order chi connectivity index (χ0) is 15.1. The summed E-state index contributed by atoms with van der Waals surface area (Å²) in [6.45, 7) is 1.82. The van der Waals surface area contributed by atoms with E-state index in [0.29, 0.717) is 16.7 Å². The van der Waals surface area contributed by atoms with Crippen molar-refractivity contribution < 1.29 is 9.53 Å². The fourth-order valence-electron chi connectivity index (χ4n) is 2.12. The van der Waals surface area contributed by atoms with E-state index in [4.69, 9.17) is 16.3 Å². The molecule has 0 spiro atoms. The molecular weight excluding hydrogens is 288 g/mol. The minimum atomic E-state index is -0.271. The largest absolute Gasteiger partial charge is 0.483 e. The number of halogens is 1. The smallest absolute Gasteiger partial charge is 0.277 e. The molecule has 21 heavy (non-hydrogen) atoms. The Labute approximate surface area is 129 Å². The first-order valence-corrected chi connectivity index (χ1v) is 7.39. The maximum absolute atomic E-state index is 11.6. The van der Waals surface area contributed by atoms with Gasteiger partial charge in [-0.1, -0.05) is 23.8 Å². The fraction of sp³-hybridized carbons (Fsp3) is 0.375. The van der Waals surface area contributed by atoms with Crippen molar-refractivity contribution in [3.05, 3.63) is 40.9 Å². The lowest BCUT2D eigenvalue weighted by Gasteiger charge is -2.12. The Hall–Kier alpha value is -1.81. The van der Waals surface area contributed by atoms with E-state index in [1.807, 2.05) is 6.92 Å². The number of ether oxygens (including phenoxy) is 1. The van der Waals surface area contributed by atoms with Crippen molar-refractivity contribution >= 4 is 23.7 Å². The number of carbonyl (C=O) groups excluding carboxylic acids is 1. The molecule has 5 heteroatoms. The average molecular weight is 307 g/mol. The third-order valence-corrected chi connectivity index (χ3v) is 3.52. The van der Waals surface area contributed by atoms with Crippen LogP contribution in [0.4, 0.5) is 0 Å². The first-order chi connectivity index (χ1) is 10.1. The van der Waals surface area contributed by atoms with Crippen LogP contribution in [0, 0.1) is 12.8 Å². The monoisotopic (exact) mass is 306 g/mol. The Balaban J connectivity index is 1.74. The highest BCUT2D eigenvalue weighted by molar-refractivity contribution is 6.30. The Kier molecular flexibility index (Phi) is 5.81. The Bertz CT molecular complexity index is 555. The third-order valence-electron chi connectivity index (χ3n) is 3.28. The number of rotatable bonds is 5. The second-order valence-corrected chi connectivity index (χ2v) is 5.49. The van der Waals surface area contributed by atoms with Crippen molar-refractivity contribution in [3.63, 3.8) is 0 Å². The topological polar surface area (TPSA) is 50.7 Å².